The third-order valence-electron chi connectivity index (χ3n) is 2.32. The van der Waals surface area contributed by atoms with Gasteiger partial charge in [0.1, 0.15) is 0 Å². The molecule has 4 nitrogen and oxygen atoms in total. The summed E-state index contributed by atoms with van der Waals surface area (Å²) in [7, 11) is 0. The van der Waals surface area contributed by atoms with E-state index in [9.17, 15) is 4.79 Å². The van der Waals surface area contributed by atoms with Crippen molar-refractivity contribution >= 4 is 29.0 Å². The molecule has 3 N–H and O–H groups in total. The monoisotopic (exact) mass is 245 g/mol. The van der Waals surface area contributed by atoms with Crippen LogP contribution in [0.4, 0.5) is 4.79 Å². The average molecular weight is 246 g/mol. The number of carbonyl (C=O) groups excluding carboxylic acids is 1. The number of nitrogens with one attached hydrogen (secondary N) is 1. The molecule has 0 saturated carbocycles. The summed E-state index contributed by atoms with van der Waals surface area (Å²) in [6.45, 7) is 1.76. The van der Waals surface area contributed by atoms with Crippen LogP contribution in [0.25, 0.3) is 0 Å². The first-order valence-electron chi connectivity index (χ1n) is 4.71. The molecule has 82 valence electrons. The standard InChI is InChI=1S/C9H12ClN3OS/c10-8-2-1-7(15-8)6-5-13(4-3-11)9(14)12-6/h1-2,6H,3-5,11H2,(H,12,14). The zero-order valence-electron chi connectivity index (χ0n) is 8.07. The van der Waals surface area contributed by atoms with Gasteiger partial charge in [0.15, 0.2) is 0 Å². The molecule has 0 radical (unpaired) electrons. The van der Waals surface area contributed by atoms with Crippen molar-refractivity contribution in [1.82, 2.24) is 10.2 Å². The zero-order chi connectivity index (χ0) is 10.8. The van der Waals surface area contributed by atoms with E-state index >= 15 is 0 Å². The molecule has 0 spiro atoms. The zero-order valence-corrected chi connectivity index (χ0v) is 9.64. The molecule has 0 aliphatic carbocycles. The molecule has 15 heavy (non-hydrogen) atoms. The second-order valence-corrected chi connectivity index (χ2v) is 5.13. The fourth-order valence-electron chi connectivity index (χ4n) is 1.61. The summed E-state index contributed by atoms with van der Waals surface area (Å²) in [5.74, 6) is 0. The van der Waals surface area contributed by atoms with E-state index in [0.717, 1.165) is 9.21 Å². The van der Waals surface area contributed by atoms with Gasteiger partial charge in [-0.25, -0.2) is 4.79 Å². The summed E-state index contributed by atoms with van der Waals surface area (Å²) in [4.78, 5) is 14.3. The highest BCUT2D eigenvalue weighted by Crippen LogP contribution is 2.29. The molecule has 2 rings (SSSR count). The van der Waals surface area contributed by atoms with E-state index in [2.05, 4.69) is 5.32 Å². The first-order valence-corrected chi connectivity index (χ1v) is 5.91. The number of thiophene rings is 1. The highest BCUT2D eigenvalue weighted by Gasteiger charge is 2.29. The average Bonchev–Trinajstić information content (AvgIpc) is 2.75. The van der Waals surface area contributed by atoms with Crippen molar-refractivity contribution in [2.45, 2.75) is 6.04 Å². The van der Waals surface area contributed by atoms with E-state index in [1.54, 1.807) is 4.90 Å². The summed E-state index contributed by atoms with van der Waals surface area (Å²) in [5.41, 5.74) is 5.42. The van der Waals surface area contributed by atoms with Crippen LogP contribution in [0.1, 0.15) is 10.9 Å². The van der Waals surface area contributed by atoms with E-state index in [4.69, 9.17) is 17.3 Å². The molecule has 0 aromatic carbocycles. The topological polar surface area (TPSA) is 58.4 Å². The van der Waals surface area contributed by atoms with Crippen LogP contribution < -0.4 is 11.1 Å². The van der Waals surface area contributed by atoms with Gasteiger partial charge in [0, 0.05) is 24.5 Å². The highest BCUT2D eigenvalue weighted by atomic mass is 35.5. The number of hydrogen-bond donors (Lipinski definition) is 2. The predicted octanol–water partition coefficient (Wildman–Crippen LogP) is 1.43. The lowest BCUT2D eigenvalue weighted by Gasteiger charge is -2.11. The van der Waals surface area contributed by atoms with Crippen LogP contribution in [0.2, 0.25) is 4.34 Å². The SMILES string of the molecule is NCCN1CC(c2ccc(Cl)s2)NC1=O. The molecule has 1 fully saturated rings. The van der Waals surface area contributed by atoms with Crippen molar-refractivity contribution in [1.29, 1.82) is 0 Å². The van der Waals surface area contributed by atoms with Crippen LogP contribution in [0.5, 0.6) is 0 Å². The molecule has 6 heteroatoms. The van der Waals surface area contributed by atoms with Crippen molar-refractivity contribution in [2.75, 3.05) is 19.6 Å². The van der Waals surface area contributed by atoms with Crippen molar-refractivity contribution in [3.8, 4) is 0 Å². The normalized spacial score (nSPS) is 20.8. The first-order chi connectivity index (χ1) is 7.20. The first kappa shape index (κ1) is 10.7. The maximum Gasteiger partial charge on any atom is 0.318 e. The molecule has 1 aliphatic rings. The molecular formula is C9H12ClN3OS. The molecule has 1 aliphatic heterocycles. The van der Waals surface area contributed by atoms with Crippen LogP contribution in [0.3, 0.4) is 0 Å². The van der Waals surface area contributed by atoms with Gasteiger partial charge in [0.25, 0.3) is 0 Å². The van der Waals surface area contributed by atoms with Crippen LogP contribution in [-0.2, 0) is 0 Å². The molecule has 1 aromatic heterocycles. The number of amides is 2. The Bertz CT molecular complexity index is 368. The van der Waals surface area contributed by atoms with Crippen LogP contribution in [0, 0.1) is 0 Å². The number of carbonyl (C=O) groups is 1. The molecule has 1 aromatic rings. The number of halogens is 1. The molecule has 2 heterocycles. The summed E-state index contributed by atoms with van der Waals surface area (Å²) in [6, 6.07) is 3.81. The Kier molecular flexibility index (Phi) is 3.14. The summed E-state index contributed by atoms with van der Waals surface area (Å²) >= 11 is 7.34. The Morgan fingerprint density at radius 1 is 1.67 bits per heavy atom. The van der Waals surface area contributed by atoms with Gasteiger partial charge < -0.3 is 16.0 Å². The minimum absolute atomic E-state index is 0.0463. The summed E-state index contributed by atoms with van der Waals surface area (Å²) in [6.07, 6.45) is 0. The predicted molar refractivity (Wildman–Crippen MR) is 61.2 cm³/mol. The second kappa shape index (κ2) is 4.38. The lowest BCUT2D eigenvalue weighted by molar-refractivity contribution is 0.218. The fraction of sp³-hybridized carbons (Fsp3) is 0.444. The van der Waals surface area contributed by atoms with Gasteiger partial charge in [0.2, 0.25) is 0 Å². The Hall–Kier alpha value is -0.780. The van der Waals surface area contributed by atoms with Crippen molar-refractivity contribution in [3.05, 3.63) is 21.3 Å². The number of rotatable bonds is 3. The van der Waals surface area contributed by atoms with E-state index < -0.39 is 0 Å². The van der Waals surface area contributed by atoms with Crippen molar-refractivity contribution in [3.63, 3.8) is 0 Å². The van der Waals surface area contributed by atoms with E-state index in [0.29, 0.717) is 19.6 Å². The maximum absolute atomic E-state index is 11.5. The lowest BCUT2D eigenvalue weighted by Crippen LogP contribution is -2.32. The van der Waals surface area contributed by atoms with Crippen LogP contribution >= 0.6 is 22.9 Å². The lowest BCUT2D eigenvalue weighted by atomic mass is 10.2. The van der Waals surface area contributed by atoms with Gasteiger partial charge >= 0.3 is 6.03 Å². The largest absolute Gasteiger partial charge is 0.329 e. The number of hydrogen-bond acceptors (Lipinski definition) is 3. The van der Waals surface area contributed by atoms with E-state index in [1.807, 2.05) is 12.1 Å². The minimum Gasteiger partial charge on any atom is -0.329 e. The molecular weight excluding hydrogens is 234 g/mol. The van der Waals surface area contributed by atoms with Crippen molar-refractivity contribution in [2.24, 2.45) is 5.73 Å². The number of urea groups is 1. The molecule has 1 unspecified atom stereocenters. The van der Waals surface area contributed by atoms with E-state index in [1.165, 1.54) is 11.3 Å². The van der Waals surface area contributed by atoms with Gasteiger partial charge in [-0.3, -0.25) is 0 Å². The third-order valence-corrected chi connectivity index (χ3v) is 3.67. The van der Waals surface area contributed by atoms with E-state index in [-0.39, 0.29) is 12.1 Å². The molecule has 1 atom stereocenters. The molecule has 0 bridgehead atoms. The quantitative estimate of drug-likeness (QED) is 0.846. The number of nitrogens with zero attached hydrogens (tertiary/aromatic N) is 1. The smallest absolute Gasteiger partial charge is 0.318 e. The Labute approximate surface area is 97.0 Å². The van der Waals surface area contributed by atoms with Gasteiger partial charge in [-0.1, -0.05) is 11.6 Å². The third kappa shape index (κ3) is 2.25. The minimum atomic E-state index is -0.0463. The maximum atomic E-state index is 11.5. The summed E-state index contributed by atoms with van der Waals surface area (Å²) < 4.78 is 0.747. The van der Waals surface area contributed by atoms with Gasteiger partial charge in [-0.15, -0.1) is 11.3 Å². The van der Waals surface area contributed by atoms with Gasteiger partial charge in [0.05, 0.1) is 10.4 Å². The second-order valence-electron chi connectivity index (χ2n) is 3.38. The van der Waals surface area contributed by atoms with Crippen LogP contribution in [-0.4, -0.2) is 30.6 Å². The van der Waals surface area contributed by atoms with Gasteiger partial charge in [-0.2, -0.15) is 0 Å². The van der Waals surface area contributed by atoms with Gasteiger partial charge in [-0.05, 0) is 12.1 Å². The van der Waals surface area contributed by atoms with Crippen molar-refractivity contribution < 1.29 is 4.79 Å². The fourth-order valence-corrected chi connectivity index (χ4v) is 2.72. The Balaban J connectivity index is 2.05. The Morgan fingerprint density at radius 3 is 3.07 bits per heavy atom. The number of nitrogens with two attached hydrogens (primary N) is 1. The highest BCUT2D eigenvalue weighted by molar-refractivity contribution is 7.16. The Morgan fingerprint density at radius 2 is 2.47 bits per heavy atom. The molecule has 2 amide bonds. The summed E-state index contributed by atoms with van der Waals surface area (Å²) in [5, 5.41) is 2.90. The van der Waals surface area contributed by atoms with Crippen LogP contribution in [0.15, 0.2) is 12.1 Å². The molecule has 1 saturated heterocycles.